The highest BCUT2D eigenvalue weighted by Gasteiger charge is 2.38. The lowest BCUT2D eigenvalue weighted by molar-refractivity contribution is -0.145. The maximum Gasteiger partial charge on any atom is 0.325 e. The highest BCUT2D eigenvalue weighted by molar-refractivity contribution is 5.82. The molecule has 1 saturated heterocycles. The average molecular weight is 298 g/mol. The number of carboxylic acids is 1. The summed E-state index contributed by atoms with van der Waals surface area (Å²) in [6.45, 7) is 2.74. The van der Waals surface area contributed by atoms with Gasteiger partial charge in [0.05, 0.1) is 12.5 Å². The number of carboxylic acid groups (broad SMARTS) is 1. The fourth-order valence-corrected chi connectivity index (χ4v) is 2.62. The zero-order valence-corrected chi connectivity index (χ0v) is 12.3. The zero-order valence-electron chi connectivity index (χ0n) is 12.3. The molecule has 118 valence electrons. The van der Waals surface area contributed by atoms with Crippen LogP contribution in [0, 0.1) is 5.92 Å². The van der Waals surface area contributed by atoms with Gasteiger partial charge in [-0.25, -0.2) is 4.79 Å². The number of aliphatic carboxylic acids is 1. The van der Waals surface area contributed by atoms with Crippen molar-refractivity contribution in [2.45, 2.75) is 38.6 Å². The first-order valence-corrected chi connectivity index (χ1v) is 7.47. The quantitative estimate of drug-likeness (QED) is 0.763. The van der Waals surface area contributed by atoms with Crippen molar-refractivity contribution in [2.75, 3.05) is 26.2 Å². The first kappa shape index (κ1) is 15.6. The van der Waals surface area contributed by atoms with E-state index in [1.54, 1.807) is 11.8 Å². The van der Waals surface area contributed by atoms with Crippen LogP contribution in [-0.2, 0) is 14.3 Å². The monoisotopic (exact) mass is 298 g/mol. The lowest BCUT2D eigenvalue weighted by Gasteiger charge is -2.35. The van der Waals surface area contributed by atoms with Gasteiger partial charge in [-0.3, -0.25) is 9.59 Å². The Bertz CT molecular complexity index is 422. The smallest absolute Gasteiger partial charge is 0.325 e. The Morgan fingerprint density at radius 2 is 2.00 bits per heavy atom. The van der Waals surface area contributed by atoms with Crippen molar-refractivity contribution in [3.05, 3.63) is 0 Å². The Hall–Kier alpha value is -1.79. The molecular formula is C14H22N2O5. The molecule has 1 aliphatic carbocycles. The summed E-state index contributed by atoms with van der Waals surface area (Å²) >= 11 is 0. The second-order valence-electron chi connectivity index (χ2n) is 5.57. The van der Waals surface area contributed by atoms with Crippen LogP contribution in [0.5, 0.6) is 0 Å². The van der Waals surface area contributed by atoms with E-state index >= 15 is 0 Å². The Morgan fingerprint density at radius 3 is 2.57 bits per heavy atom. The third-order valence-corrected chi connectivity index (χ3v) is 3.88. The molecule has 1 atom stereocenters. The zero-order chi connectivity index (χ0) is 15.4. The third-order valence-electron chi connectivity index (χ3n) is 3.88. The summed E-state index contributed by atoms with van der Waals surface area (Å²) in [4.78, 5) is 38.3. The molecule has 0 aromatic carbocycles. The number of carbonyl (C=O) groups excluding carboxylic acids is 2. The van der Waals surface area contributed by atoms with Crippen LogP contribution >= 0.6 is 0 Å². The number of piperidine rings is 1. The predicted molar refractivity (Wildman–Crippen MR) is 73.7 cm³/mol. The molecule has 0 bridgehead atoms. The van der Waals surface area contributed by atoms with Gasteiger partial charge in [-0.2, -0.15) is 0 Å². The van der Waals surface area contributed by atoms with Gasteiger partial charge in [0.2, 0.25) is 0 Å². The number of hydrogen-bond acceptors (Lipinski definition) is 4. The summed E-state index contributed by atoms with van der Waals surface area (Å²) in [5.41, 5.74) is 0. The lowest BCUT2D eigenvalue weighted by atomic mass is 9.98. The van der Waals surface area contributed by atoms with E-state index < -0.39 is 17.9 Å². The molecule has 1 N–H and O–H groups in total. The number of hydrogen-bond donors (Lipinski definition) is 1. The van der Waals surface area contributed by atoms with E-state index in [1.165, 1.54) is 4.90 Å². The Balaban J connectivity index is 1.97. The molecule has 1 heterocycles. The van der Waals surface area contributed by atoms with Crippen LogP contribution in [0.3, 0.4) is 0 Å². The van der Waals surface area contributed by atoms with E-state index in [4.69, 9.17) is 9.84 Å². The van der Waals surface area contributed by atoms with Crippen LogP contribution in [0.15, 0.2) is 0 Å². The summed E-state index contributed by atoms with van der Waals surface area (Å²) in [5, 5.41) is 9.09. The topological polar surface area (TPSA) is 87.2 Å². The summed E-state index contributed by atoms with van der Waals surface area (Å²) in [6.07, 6.45) is 3.06. The molecule has 0 spiro atoms. The standard InChI is InChI=1S/C14H22N2O5/c1-2-21-12(17)9-16(11-5-6-11)14(20)15-7-3-4-10(8-15)13(18)19/h10-11H,2-9H2,1H3,(H,18,19). The molecule has 21 heavy (non-hydrogen) atoms. The van der Waals surface area contributed by atoms with E-state index in [1.807, 2.05) is 0 Å². The van der Waals surface area contributed by atoms with Crippen molar-refractivity contribution in [3.63, 3.8) is 0 Å². The number of esters is 1. The molecule has 0 radical (unpaired) electrons. The van der Waals surface area contributed by atoms with Crippen molar-refractivity contribution in [3.8, 4) is 0 Å². The van der Waals surface area contributed by atoms with Gasteiger partial charge in [-0.05, 0) is 32.6 Å². The van der Waals surface area contributed by atoms with Crippen LogP contribution < -0.4 is 0 Å². The fraction of sp³-hybridized carbons (Fsp3) is 0.786. The maximum absolute atomic E-state index is 12.5. The SMILES string of the molecule is CCOC(=O)CN(C(=O)N1CCCC(C(=O)O)C1)C1CC1. The molecule has 7 nitrogen and oxygen atoms in total. The minimum Gasteiger partial charge on any atom is -0.481 e. The lowest BCUT2D eigenvalue weighted by Crippen LogP contribution is -2.51. The minimum atomic E-state index is -0.865. The molecule has 2 rings (SSSR count). The number of ether oxygens (including phenoxy) is 1. The average Bonchev–Trinajstić information content (AvgIpc) is 3.29. The second-order valence-corrected chi connectivity index (χ2v) is 5.57. The van der Waals surface area contributed by atoms with E-state index in [2.05, 4.69) is 0 Å². The van der Waals surface area contributed by atoms with E-state index in [0.29, 0.717) is 19.4 Å². The summed E-state index contributed by atoms with van der Waals surface area (Å²) in [5.74, 6) is -1.79. The molecule has 2 aliphatic rings. The highest BCUT2D eigenvalue weighted by Crippen LogP contribution is 2.29. The van der Waals surface area contributed by atoms with E-state index in [-0.39, 0.29) is 31.8 Å². The number of carbonyl (C=O) groups is 3. The fourth-order valence-electron chi connectivity index (χ4n) is 2.62. The van der Waals surface area contributed by atoms with Crippen LogP contribution in [0.1, 0.15) is 32.6 Å². The van der Waals surface area contributed by atoms with Crippen LogP contribution in [0.4, 0.5) is 4.79 Å². The molecule has 7 heteroatoms. The second kappa shape index (κ2) is 6.78. The maximum atomic E-state index is 12.5. The molecule has 0 aromatic heterocycles. The normalized spacial score (nSPS) is 21.8. The number of likely N-dealkylation sites (tertiary alicyclic amines) is 1. The number of urea groups is 1. The first-order valence-electron chi connectivity index (χ1n) is 7.47. The van der Waals surface area contributed by atoms with Gasteiger partial charge in [-0.15, -0.1) is 0 Å². The van der Waals surface area contributed by atoms with Crippen molar-refractivity contribution < 1.29 is 24.2 Å². The van der Waals surface area contributed by atoms with Crippen LogP contribution in [-0.4, -0.2) is 65.2 Å². The number of nitrogens with zero attached hydrogens (tertiary/aromatic N) is 2. The Morgan fingerprint density at radius 1 is 1.29 bits per heavy atom. The van der Waals surface area contributed by atoms with Gasteiger partial charge < -0.3 is 19.6 Å². The van der Waals surface area contributed by atoms with Gasteiger partial charge >= 0.3 is 18.0 Å². The summed E-state index contributed by atoms with van der Waals surface area (Å²) < 4.78 is 4.90. The van der Waals surface area contributed by atoms with Gasteiger partial charge in [0.25, 0.3) is 0 Å². The number of rotatable bonds is 5. The molecule has 0 aromatic rings. The first-order chi connectivity index (χ1) is 10.0. The van der Waals surface area contributed by atoms with Gasteiger partial charge in [0, 0.05) is 19.1 Å². The third kappa shape index (κ3) is 4.09. The van der Waals surface area contributed by atoms with Gasteiger partial charge in [0.15, 0.2) is 0 Å². The van der Waals surface area contributed by atoms with E-state index in [9.17, 15) is 14.4 Å². The summed E-state index contributed by atoms with van der Waals surface area (Å²) in [7, 11) is 0. The molecule has 1 unspecified atom stereocenters. The number of amides is 2. The van der Waals surface area contributed by atoms with Crippen molar-refractivity contribution in [1.82, 2.24) is 9.80 Å². The largest absolute Gasteiger partial charge is 0.481 e. The van der Waals surface area contributed by atoms with Crippen molar-refractivity contribution in [1.29, 1.82) is 0 Å². The molecule has 1 saturated carbocycles. The molecule has 1 aliphatic heterocycles. The predicted octanol–water partition coefficient (Wildman–Crippen LogP) is 0.930. The summed E-state index contributed by atoms with van der Waals surface area (Å²) in [6, 6.07) is -0.149. The minimum absolute atomic E-state index is 0.0500. The van der Waals surface area contributed by atoms with Crippen molar-refractivity contribution in [2.24, 2.45) is 5.92 Å². The Labute approximate surface area is 123 Å². The Kier molecular flexibility index (Phi) is 5.03. The van der Waals surface area contributed by atoms with Crippen LogP contribution in [0.2, 0.25) is 0 Å². The molecule has 2 fully saturated rings. The van der Waals surface area contributed by atoms with Crippen LogP contribution in [0.25, 0.3) is 0 Å². The van der Waals surface area contributed by atoms with Gasteiger partial charge in [0.1, 0.15) is 6.54 Å². The molecular weight excluding hydrogens is 276 g/mol. The van der Waals surface area contributed by atoms with Gasteiger partial charge in [-0.1, -0.05) is 0 Å². The van der Waals surface area contributed by atoms with Crippen molar-refractivity contribution >= 4 is 18.0 Å². The highest BCUT2D eigenvalue weighted by atomic mass is 16.5. The van der Waals surface area contributed by atoms with E-state index in [0.717, 1.165) is 12.8 Å². The molecule has 2 amide bonds.